The van der Waals surface area contributed by atoms with Crippen LogP contribution in [0.4, 0.5) is 0 Å². The number of rotatable bonds is 6. The molecular formula is C18H25N3O5. The summed E-state index contributed by atoms with van der Waals surface area (Å²) >= 11 is 0. The third kappa shape index (κ3) is 5.48. The number of amides is 1. The molecule has 2 aliphatic heterocycles. The summed E-state index contributed by atoms with van der Waals surface area (Å²) in [6, 6.07) is 3.26. The van der Waals surface area contributed by atoms with Crippen molar-refractivity contribution in [2.24, 2.45) is 5.16 Å². The highest BCUT2D eigenvalue weighted by Crippen LogP contribution is 2.15. The zero-order valence-corrected chi connectivity index (χ0v) is 15.0. The Bertz CT molecular complexity index is 625. The molecule has 1 N–H and O–H groups in total. The first-order valence-corrected chi connectivity index (χ1v) is 9.08. The van der Waals surface area contributed by atoms with E-state index in [4.69, 9.17) is 19.1 Å². The van der Waals surface area contributed by atoms with Crippen LogP contribution in [0.25, 0.3) is 0 Å². The largest absolute Gasteiger partial charge is 0.363 e. The van der Waals surface area contributed by atoms with Gasteiger partial charge in [0.1, 0.15) is 5.71 Å². The van der Waals surface area contributed by atoms with Gasteiger partial charge in [-0.25, -0.2) is 10.3 Å². The maximum absolute atomic E-state index is 12.3. The number of nitrogens with zero attached hydrogens (tertiary/aromatic N) is 2. The second-order valence-corrected chi connectivity index (χ2v) is 6.35. The lowest BCUT2D eigenvalue weighted by Crippen LogP contribution is -2.33. The third-order valence-electron chi connectivity index (χ3n) is 4.26. The summed E-state index contributed by atoms with van der Waals surface area (Å²) in [7, 11) is 0. The van der Waals surface area contributed by atoms with E-state index >= 15 is 0 Å². The van der Waals surface area contributed by atoms with Crippen LogP contribution in [0.1, 0.15) is 61.5 Å². The number of carbonyl (C=O) groups is 1. The van der Waals surface area contributed by atoms with E-state index in [-0.39, 0.29) is 18.5 Å². The standard InChI is InChI=1S/C18H25N3O5/c1-13(20-25-16-6-2-4-10-23-16)15-12-14(8-9-19-15)18(22)21-26-17-7-3-5-11-24-17/h8-9,12,16-17H,2-7,10-11H2,1H3,(H,21,22)/b20-13+. The van der Waals surface area contributed by atoms with E-state index in [0.29, 0.717) is 30.2 Å². The molecule has 0 bridgehead atoms. The maximum Gasteiger partial charge on any atom is 0.275 e. The number of hydrogen-bond acceptors (Lipinski definition) is 7. The summed E-state index contributed by atoms with van der Waals surface area (Å²) in [4.78, 5) is 27.2. The van der Waals surface area contributed by atoms with E-state index in [9.17, 15) is 4.79 Å². The van der Waals surface area contributed by atoms with Gasteiger partial charge in [0.05, 0.1) is 12.3 Å². The van der Waals surface area contributed by atoms with Crippen molar-refractivity contribution < 1.29 is 23.9 Å². The lowest BCUT2D eigenvalue weighted by Gasteiger charge is -2.22. The van der Waals surface area contributed by atoms with Crippen LogP contribution in [0.3, 0.4) is 0 Å². The van der Waals surface area contributed by atoms with Gasteiger partial charge in [0, 0.05) is 31.2 Å². The molecule has 8 heteroatoms. The molecule has 142 valence electrons. The van der Waals surface area contributed by atoms with Gasteiger partial charge < -0.3 is 14.3 Å². The number of hydrogen-bond donors (Lipinski definition) is 1. The Morgan fingerprint density at radius 2 is 1.92 bits per heavy atom. The molecule has 2 unspecified atom stereocenters. The fourth-order valence-corrected chi connectivity index (χ4v) is 2.73. The van der Waals surface area contributed by atoms with Crippen molar-refractivity contribution in [1.29, 1.82) is 0 Å². The van der Waals surface area contributed by atoms with Gasteiger partial charge in [0.2, 0.25) is 6.29 Å². The van der Waals surface area contributed by atoms with Gasteiger partial charge in [0.25, 0.3) is 5.91 Å². The second kappa shape index (κ2) is 9.61. The summed E-state index contributed by atoms with van der Waals surface area (Å²) in [5.41, 5.74) is 3.99. The normalized spacial score (nSPS) is 24.1. The number of hydroxylamine groups is 1. The summed E-state index contributed by atoms with van der Waals surface area (Å²) in [6.07, 6.45) is 6.62. The summed E-state index contributed by atoms with van der Waals surface area (Å²) in [6.45, 7) is 3.12. The molecule has 26 heavy (non-hydrogen) atoms. The molecule has 2 fully saturated rings. The maximum atomic E-state index is 12.3. The van der Waals surface area contributed by atoms with Crippen molar-refractivity contribution in [3.8, 4) is 0 Å². The van der Waals surface area contributed by atoms with Gasteiger partial charge in [-0.15, -0.1) is 0 Å². The van der Waals surface area contributed by atoms with Crippen molar-refractivity contribution in [1.82, 2.24) is 10.5 Å². The average Bonchev–Trinajstić information content (AvgIpc) is 2.72. The zero-order chi connectivity index (χ0) is 18.2. The quantitative estimate of drug-likeness (QED) is 0.617. The van der Waals surface area contributed by atoms with Crippen molar-refractivity contribution in [2.75, 3.05) is 13.2 Å². The molecular weight excluding hydrogens is 338 g/mol. The first-order chi connectivity index (χ1) is 12.7. The Hall–Kier alpha value is -2.03. The van der Waals surface area contributed by atoms with E-state index in [2.05, 4.69) is 15.6 Å². The molecule has 1 aromatic heterocycles. The number of nitrogens with one attached hydrogen (secondary N) is 1. The van der Waals surface area contributed by atoms with Gasteiger partial charge in [-0.2, -0.15) is 0 Å². The molecule has 3 rings (SSSR count). The van der Waals surface area contributed by atoms with Gasteiger partial charge in [-0.1, -0.05) is 5.16 Å². The van der Waals surface area contributed by atoms with Crippen LogP contribution in [0.15, 0.2) is 23.5 Å². The zero-order valence-electron chi connectivity index (χ0n) is 15.0. The molecule has 3 heterocycles. The molecule has 0 spiro atoms. The molecule has 0 radical (unpaired) electrons. The average molecular weight is 363 g/mol. The minimum atomic E-state index is -0.388. The highest BCUT2D eigenvalue weighted by molar-refractivity contribution is 6.00. The van der Waals surface area contributed by atoms with Crippen LogP contribution in [0.5, 0.6) is 0 Å². The monoisotopic (exact) mass is 363 g/mol. The predicted molar refractivity (Wildman–Crippen MR) is 93.3 cm³/mol. The first kappa shape index (κ1) is 18.8. The van der Waals surface area contributed by atoms with Gasteiger partial charge in [-0.05, 0) is 44.7 Å². The van der Waals surface area contributed by atoms with Crippen LogP contribution in [-0.4, -0.2) is 42.4 Å². The van der Waals surface area contributed by atoms with Crippen molar-refractivity contribution in [3.63, 3.8) is 0 Å². The minimum Gasteiger partial charge on any atom is -0.363 e. The molecule has 1 aromatic rings. The number of pyridine rings is 1. The summed E-state index contributed by atoms with van der Waals surface area (Å²) in [5.74, 6) is -0.354. The van der Waals surface area contributed by atoms with Gasteiger partial charge in [-0.3, -0.25) is 9.78 Å². The highest BCUT2D eigenvalue weighted by Gasteiger charge is 2.17. The van der Waals surface area contributed by atoms with Crippen molar-refractivity contribution in [3.05, 3.63) is 29.6 Å². The van der Waals surface area contributed by atoms with E-state index < -0.39 is 0 Å². The van der Waals surface area contributed by atoms with Crippen LogP contribution >= 0.6 is 0 Å². The van der Waals surface area contributed by atoms with Crippen LogP contribution < -0.4 is 5.48 Å². The fraction of sp³-hybridized carbons (Fsp3) is 0.611. The molecule has 2 saturated heterocycles. The second-order valence-electron chi connectivity index (χ2n) is 6.35. The number of carbonyl (C=O) groups excluding carboxylic acids is 1. The Balaban J connectivity index is 1.54. The first-order valence-electron chi connectivity index (χ1n) is 9.08. The van der Waals surface area contributed by atoms with Gasteiger partial charge >= 0.3 is 0 Å². The fourth-order valence-electron chi connectivity index (χ4n) is 2.73. The Morgan fingerprint density at radius 1 is 1.19 bits per heavy atom. The van der Waals surface area contributed by atoms with E-state index in [1.165, 1.54) is 0 Å². The lowest BCUT2D eigenvalue weighted by molar-refractivity contribution is -0.186. The molecule has 2 aliphatic rings. The Kier molecular flexibility index (Phi) is 6.93. The van der Waals surface area contributed by atoms with Crippen LogP contribution in [0, 0.1) is 0 Å². The van der Waals surface area contributed by atoms with E-state index in [1.54, 1.807) is 25.3 Å². The molecule has 2 atom stereocenters. The van der Waals surface area contributed by atoms with Gasteiger partial charge in [0.15, 0.2) is 6.29 Å². The minimum absolute atomic E-state index is 0.311. The van der Waals surface area contributed by atoms with Crippen molar-refractivity contribution >= 4 is 11.6 Å². The number of aromatic nitrogens is 1. The van der Waals surface area contributed by atoms with E-state index in [0.717, 1.165) is 38.5 Å². The highest BCUT2D eigenvalue weighted by atomic mass is 16.8. The molecule has 1 amide bonds. The molecule has 0 saturated carbocycles. The summed E-state index contributed by atoms with van der Waals surface area (Å²) < 4.78 is 10.9. The number of oxime groups is 1. The Morgan fingerprint density at radius 3 is 2.62 bits per heavy atom. The van der Waals surface area contributed by atoms with Crippen molar-refractivity contribution in [2.45, 2.75) is 58.0 Å². The SMILES string of the molecule is C/C(=N\OC1CCCCO1)c1cc(C(=O)NOC2CCCCO2)ccn1. The molecule has 8 nitrogen and oxygen atoms in total. The number of ether oxygens (including phenoxy) is 2. The third-order valence-corrected chi connectivity index (χ3v) is 4.26. The predicted octanol–water partition coefficient (Wildman–Crippen LogP) is 2.54. The van der Waals surface area contributed by atoms with Crippen LogP contribution in [-0.2, 0) is 19.1 Å². The summed E-state index contributed by atoms with van der Waals surface area (Å²) in [5, 5.41) is 4.08. The van der Waals surface area contributed by atoms with Crippen LogP contribution in [0.2, 0.25) is 0 Å². The smallest absolute Gasteiger partial charge is 0.275 e. The molecule has 0 aromatic carbocycles. The molecule has 0 aliphatic carbocycles. The Labute approximate surface area is 152 Å². The van der Waals surface area contributed by atoms with E-state index in [1.807, 2.05) is 0 Å². The lowest BCUT2D eigenvalue weighted by atomic mass is 10.2. The topological polar surface area (TPSA) is 91.3 Å².